The molecule has 0 radical (unpaired) electrons. The third kappa shape index (κ3) is 6.08. The van der Waals surface area contributed by atoms with E-state index in [1.54, 1.807) is 24.3 Å². The summed E-state index contributed by atoms with van der Waals surface area (Å²) >= 11 is 6.32. The summed E-state index contributed by atoms with van der Waals surface area (Å²) in [5.41, 5.74) is 7.66. The number of carbonyl (C=O) groups excluding carboxylic acids is 1. The molecule has 2 rings (SSSR count). The average molecular weight is 720 g/mol. The Kier molecular flexibility index (Phi) is 9.05. The van der Waals surface area contributed by atoms with Crippen molar-refractivity contribution in [2.75, 3.05) is 11.1 Å². The minimum absolute atomic E-state index is 0.283. The minimum atomic E-state index is -0.999. The molecule has 0 saturated carbocycles. The van der Waals surface area contributed by atoms with Gasteiger partial charge in [-0.1, -0.05) is 19.4 Å². The maximum atomic E-state index is 12.8. The van der Waals surface area contributed by atoms with Crippen LogP contribution in [-0.2, 0) is 4.79 Å². The lowest BCUT2D eigenvalue weighted by Gasteiger charge is -2.16. The van der Waals surface area contributed by atoms with E-state index in [2.05, 4.69) is 73.1 Å². The van der Waals surface area contributed by atoms with Crippen molar-refractivity contribution in [1.82, 2.24) is 0 Å². The summed E-state index contributed by atoms with van der Waals surface area (Å²) in [6, 6.07) is 8.59. The number of aliphatic carboxylic acids is 1. The number of anilines is 2. The normalized spacial score (nSPS) is 11.7. The maximum Gasteiger partial charge on any atom is 0.344 e. The SMILES string of the molecule is CCCCC(Oc1cccc(NC(=O)c2c(I)cc(I)c(N)c2I)c1)C(=O)O. The Balaban J connectivity index is 2.20. The van der Waals surface area contributed by atoms with Crippen molar-refractivity contribution in [3.63, 3.8) is 0 Å². The second-order valence-electron chi connectivity index (χ2n) is 6.01. The van der Waals surface area contributed by atoms with E-state index in [1.165, 1.54) is 0 Å². The Morgan fingerprint density at radius 1 is 1.21 bits per heavy atom. The number of hydrogen-bond donors (Lipinski definition) is 3. The second kappa shape index (κ2) is 10.8. The van der Waals surface area contributed by atoms with Crippen LogP contribution in [0.1, 0.15) is 36.5 Å². The predicted octanol–water partition coefficient (Wildman–Crippen LogP) is 5.36. The number of amides is 1. The molecule has 1 unspecified atom stereocenters. The Hall–Kier alpha value is -0.830. The molecule has 0 aromatic heterocycles. The van der Waals surface area contributed by atoms with Gasteiger partial charge in [0.2, 0.25) is 0 Å². The number of nitrogens with one attached hydrogen (secondary N) is 1. The molecule has 4 N–H and O–H groups in total. The zero-order valence-electron chi connectivity index (χ0n) is 15.0. The van der Waals surface area contributed by atoms with E-state index >= 15 is 0 Å². The number of carbonyl (C=O) groups is 2. The van der Waals surface area contributed by atoms with Gasteiger partial charge in [0.25, 0.3) is 5.91 Å². The van der Waals surface area contributed by atoms with E-state index in [1.807, 2.05) is 13.0 Å². The van der Waals surface area contributed by atoms with Gasteiger partial charge >= 0.3 is 5.97 Å². The van der Waals surface area contributed by atoms with E-state index in [4.69, 9.17) is 10.5 Å². The first-order valence-corrected chi connectivity index (χ1v) is 11.7. The van der Waals surface area contributed by atoms with Gasteiger partial charge in [-0.25, -0.2) is 4.79 Å². The third-order valence-corrected chi connectivity index (χ3v) is 6.76. The lowest BCUT2D eigenvalue weighted by Crippen LogP contribution is -2.26. The van der Waals surface area contributed by atoms with Crippen molar-refractivity contribution < 1.29 is 19.4 Å². The van der Waals surface area contributed by atoms with Gasteiger partial charge in [0.1, 0.15) is 5.75 Å². The number of halogens is 3. The summed E-state index contributed by atoms with van der Waals surface area (Å²) < 4.78 is 8.01. The molecule has 0 spiro atoms. The number of nitrogen functional groups attached to an aromatic ring is 1. The van der Waals surface area contributed by atoms with E-state index < -0.39 is 12.1 Å². The van der Waals surface area contributed by atoms with Gasteiger partial charge in [-0.2, -0.15) is 0 Å². The van der Waals surface area contributed by atoms with Crippen LogP contribution >= 0.6 is 67.8 Å². The molecule has 0 saturated heterocycles. The molecule has 0 aliphatic rings. The lowest BCUT2D eigenvalue weighted by atomic mass is 10.1. The van der Waals surface area contributed by atoms with Gasteiger partial charge in [-0.3, -0.25) is 4.79 Å². The zero-order chi connectivity index (χ0) is 20.8. The van der Waals surface area contributed by atoms with Crippen molar-refractivity contribution in [2.24, 2.45) is 0 Å². The van der Waals surface area contributed by atoms with Crippen LogP contribution in [0.15, 0.2) is 30.3 Å². The van der Waals surface area contributed by atoms with Crippen LogP contribution in [0, 0.1) is 10.7 Å². The number of ether oxygens (including phenoxy) is 1. The summed E-state index contributed by atoms with van der Waals surface area (Å²) in [5, 5.41) is 12.2. The van der Waals surface area contributed by atoms with E-state index in [9.17, 15) is 14.7 Å². The highest BCUT2D eigenvalue weighted by atomic mass is 127. The Labute approximate surface area is 204 Å². The molecule has 2 aromatic carbocycles. The molecule has 28 heavy (non-hydrogen) atoms. The van der Waals surface area contributed by atoms with Gasteiger partial charge in [-0.15, -0.1) is 0 Å². The fraction of sp³-hybridized carbons (Fsp3) is 0.263. The molecule has 9 heteroatoms. The summed E-state index contributed by atoms with van der Waals surface area (Å²) in [7, 11) is 0. The fourth-order valence-corrected chi connectivity index (χ4v) is 6.30. The number of benzene rings is 2. The fourth-order valence-electron chi connectivity index (χ4n) is 2.44. The molecule has 1 atom stereocenters. The van der Waals surface area contributed by atoms with Gasteiger partial charge in [0.05, 0.1) is 14.8 Å². The van der Waals surface area contributed by atoms with E-state index in [-0.39, 0.29) is 5.91 Å². The van der Waals surface area contributed by atoms with Gasteiger partial charge in [0.15, 0.2) is 6.10 Å². The van der Waals surface area contributed by atoms with Crippen molar-refractivity contribution in [2.45, 2.75) is 32.3 Å². The Bertz CT molecular complexity index is 890. The van der Waals surface area contributed by atoms with Gasteiger partial charge in [-0.05, 0) is 98.8 Å². The predicted molar refractivity (Wildman–Crippen MR) is 135 cm³/mol. The third-order valence-electron chi connectivity index (χ3n) is 3.90. The number of carboxylic acid groups (broad SMARTS) is 1. The van der Waals surface area contributed by atoms with Crippen molar-refractivity contribution in [3.8, 4) is 5.75 Å². The average Bonchev–Trinajstić information content (AvgIpc) is 2.63. The van der Waals surface area contributed by atoms with Crippen molar-refractivity contribution >= 4 is 91.0 Å². The molecule has 0 aliphatic carbocycles. The number of carboxylic acids is 1. The quantitative estimate of drug-likeness (QED) is 0.252. The molecule has 6 nitrogen and oxygen atoms in total. The first kappa shape index (κ1) is 23.4. The van der Waals surface area contributed by atoms with E-state index in [0.717, 1.165) is 20.0 Å². The molecule has 2 aromatic rings. The zero-order valence-corrected chi connectivity index (χ0v) is 21.4. The first-order chi connectivity index (χ1) is 13.2. The molecular formula is C19H19I3N2O4. The Morgan fingerprint density at radius 2 is 1.93 bits per heavy atom. The highest BCUT2D eigenvalue weighted by molar-refractivity contribution is 14.1. The second-order valence-corrected chi connectivity index (χ2v) is 9.41. The molecule has 0 fully saturated rings. The number of rotatable bonds is 8. The van der Waals surface area contributed by atoms with Gasteiger partial charge < -0.3 is 20.9 Å². The van der Waals surface area contributed by atoms with Crippen LogP contribution in [0.2, 0.25) is 0 Å². The van der Waals surface area contributed by atoms with Crippen LogP contribution in [0.3, 0.4) is 0 Å². The molecule has 0 aliphatic heterocycles. The largest absolute Gasteiger partial charge is 0.479 e. The van der Waals surface area contributed by atoms with Crippen LogP contribution < -0.4 is 15.8 Å². The lowest BCUT2D eigenvalue weighted by molar-refractivity contribution is -0.145. The topological polar surface area (TPSA) is 102 Å². The molecule has 0 bridgehead atoms. The summed E-state index contributed by atoms with van der Waals surface area (Å²) in [6.45, 7) is 2.00. The van der Waals surface area contributed by atoms with E-state index in [0.29, 0.717) is 32.7 Å². The first-order valence-electron chi connectivity index (χ1n) is 8.48. The molecule has 150 valence electrons. The van der Waals surface area contributed by atoms with Crippen LogP contribution in [0.5, 0.6) is 5.75 Å². The van der Waals surface area contributed by atoms with Crippen molar-refractivity contribution in [3.05, 3.63) is 46.6 Å². The number of hydrogen-bond acceptors (Lipinski definition) is 4. The number of unbranched alkanes of at least 4 members (excludes halogenated alkanes) is 1. The smallest absolute Gasteiger partial charge is 0.344 e. The van der Waals surface area contributed by atoms with Crippen LogP contribution in [0.4, 0.5) is 11.4 Å². The number of nitrogens with two attached hydrogens (primary N) is 1. The minimum Gasteiger partial charge on any atom is -0.479 e. The van der Waals surface area contributed by atoms with Crippen LogP contribution in [-0.4, -0.2) is 23.1 Å². The summed E-state index contributed by atoms with van der Waals surface area (Å²) in [6.07, 6.45) is 1.17. The Morgan fingerprint density at radius 3 is 2.57 bits per heavy atom. The molecular weight excluding hydrogens is 701 g/mol. The highest BCUT2D eigenvalue weighted by Crippen LogP contribution is 2.30. The summed E-state index contributed by atoms with van der Waals surface area (Å²) in [4.78, 5) is 24.2. The maximum absolute atomic E-state index is 12.8. The van der Waals surface area contributed by atoms with Gasteiger partial charge in [0, 0.05) is 18.9 Å². The standard InChI is InChI=1S/C19H19I3N2O4/c1-2-3-7-14(19(26)27)28-11-6-4-5-10(8-11)24-18(25)15-12(20)9-13(21)17(23)16(15)22/h4-6,8-9,14H,2-3,7,23H2,1H3,(H,24,25)(H,26,27). The summed E-state index contributed by atoms with van der Waals surface area (Å²) in [5.74, 6) is -0.885. The monoisotopic (exact) mass is 720 g/mol. The molecule has 0 heterocycles. The molecule has 1 amide bonds. The van der Waals surface area contributed by atoms with Crippen molar-refractivity contribution in [1.29, 1.82) is 0 Å². The highest BCUT2D eigenvalue weighted by Gasteiger charge is 2.20. The van der Waals surface area contributed by atoms with Crippen LogP contribution in [0.25, 0.3) is 0 Å².